The molecule has 0 aliphatic rings. The summed E-state index contributed by atoms with van der Waals surface area (Å²) < 4.78 is 9.75. The van der Waals surface area contributed by atoms with Gasteiger partial charge in [0.05, 0.1) is 13.2 Å². The van der Waals surface area contributed by atoms with Crippen molar-refractivity contribution in [3.05, 3.63) is 21.9 Å². The molecule has 7 heteroatoms. The van der Waals surface area contributed by atoms with Crippen molar-refractivity contribution in [1.29, 1.82) is 0 Å². The maximum atomic E-state index is 11.5. The number of carbonyl (C=O) groups is 2. The Balaban J connectivity index is 2.51. The summed E-state index contributed by atoms with van der Waals surface area (Å²) in [5.41, 5.74) is 4.75. The Morgan fingerprint density at radius 3 is 2.50 bits per heavy atom. The number of rotatable bonds is 4. The molecule has 0 bridgehead atoms. The van der Waals surface area contributed by atoms with Crippen LogP contribution in [-0.2, 0) is 9.47 Å². The Hall–Kier alpha value is -1.60. The predicted molar refractivity (Wildman–Crippen MR) is 76.6 cm³/mol. The summed E-state index contributed by atoms with van der Waals surface area (Å²) in [6.07, 6.45) is -0.547. The fourth-order valence-electron chi connectivity index (χ4n) is 1.34. The fraction of sp³-hybridized carbons (Fsp3) is 0.538. The van der Waals surface area contributed by atoms with E-state index >= 15 is 0 Å². The first-order valence-corrected chi connectivity index (χ1v) is 6.97. The van der Waals surface area contributed by atoms with E-state index in [1.54, 1.807) is 26.8 Å². The summed E-state index contributed by atoms with van der Waals surface area (Å²) in [5, 5.41) is 0. The molecule has 1 heterocycles. The number of nitrogens with one attached hydrogen (secondary N) is 2. The molecular weight excluding hydrogens is 280 g/mol. The first-order valence-electron chi connectivity index (χ1n) is 6.15. The van der Waals surface area contributed by atoms with Gasteiger partial charge < -0.3 is 9.47 Å². The zero-order valence-electron chi connectivity index (χ0n) is 12.3. The number of hydrogen-bond acceptors (Lipinski definition) is 6. The van der Waals surface area contributed by atoms with Gasteiger partial charge in [-0.1, -0.05) is 0 Å². The van der Waals surface area contributed by atoms with E-state index in [0.717, 1.165) is 4.88 Å². The molecule has 1 aromatic rings. The topological polar surface area (TPSA) is 76.7 Å². The highest BCUT2D eigenvalue weighted by Crippen LogP contribution is 2.23. The van der Waals surface area contributed by atoms with Crippen molar-refractivity contribution in [2.45, 2.75) is 39.3 Å². The van der Waals surface area contributed by atoms with Crippen LogP contribution in [0.4, 0.5) is 4.79 Å². The van der Waals surface area contributed by atoms with E-state index in [2.05, 4.69) is 15.6 Å². The standard InChI is InChI=1S/C13H20N2O4S/c1-8(14-15-12(17)19-13(2,3)4)9-6-7-10(20-9)11(16)18-5/h6-8,14H,1-5H3,(H,15,17). The van der Waals surface area contributed by atoms with Crippen LogP contribution < -0.4 is 10.9 Å². The molecule has 0 saturated heterocycles. The zero-order valence-corrected chi connectivity index (χ0v) is 13.1. The Bertz CT molecular complexity index is 479. The second-order valence-corrected chi connectivity index (χ2v) is 6.30. The number of hydrazine groups is 1. The highest BCUT2D eigenvalue weighted by atomic mass is 32.1. The molecule has 1 unspecified atom stereocenters. The van der Waals surface area contributed by atoms with Gasteiger partial charge in [0.2, 0.25) is 0 Å². The number of methoxy groups -OCH3 is 1. The van der Waals surface area contributed by atoms with Gasteiger partial charge >= 0.3 is 12.1 Å². The molecule has 0 fully saturated rings. The number of thiophene rings is 1. The molecule has 0 radical (unpaired) electrons. The minimum Gasteiger partial charge on any atom is -0.465 e. The number of hydrogen-bond donors (Lipinski definition) is 2. The Kier molecular flexibility index (Phi) is 5.52. The van der Waals surface area contributed by atoms with Crippen LogP contribution in [0.5, 0.6) is 0 Å². The minimum atomic E-state index is -0.547. The fourth-order valence-corrected chi connectivity index (χ4v) is 2.27. The van der Waals surface area contributed by atoms with Gasteiger partial charge in [0, 0.05) is 4.88 Å². The van der Waals surface area contributed by atoms with E-state index in [1.807, 2.05) is 13.0 Å². The molecule has 1 aromatic heterocycles. The van der Waals surface area contributed by atoms with Crippen LogP contribution in [0.15, 0.2) is 12.1 Å². The van der Waals surface area contributed by atoms with Crippen molar-refractivity contribution in [3.63, 3.8) is 0 Å². The van der Waals surface area contributed by atoms with Crippen molar-refractivity contribution in [2.75, 3.05) is 7.11 Å². The van der Waals surface area contributed by atoms with E-state index < -0.39 is 11.7 Å². The second kappa shape index (κ2) is 6.71. The van der Waals surface area contributed by atoms with Crippen LogP contribution >= 0.6 is 11.3 Å². The molecule has 0 saturated carbocycles. The van der Waals surface area contributed by atoms with Crippen molar-refractivity contribution in [3.8, 4) is 0 Å². The van der Waals surface area contributed by atoms with Gasteiger partial charge in [0.15, 0.2) is 0 Å². The van der Waals surface area contributed by atoms with Crippen LogP contribution in [0.25, 0.3) is 0 Å². The molecule has 6 nitrogen and oxygen atoms in total. The Morgan fingerprint density at radius 2 is 1.95 bits per heavy atom. The molecular formula is C13H20N2O4S. The molecule has 0 spiro atoms. The van der Waals surface area contributed by atoms with Crippen molar-refractivity contribution in [2.24, 2.45) is 0 Å². The SMILES string of the molecule is COC(=O)c1ccc(C(C)NNC(=O)OC(C)(C)C)s1. The molecule has 1 atom stereocenters. The van der Waals surface area contributed by atoms with Crippen LogP contribution in [0.1, 0.15) is 48.3 Å². The lowest BCUT2D eigenvalue weighted by Gasteiger charge is -2.21. The molecule has 2 N–H and O–H groups in total. The molecule has 112 valence electrons. The highest BCUT2D eigenvalue weighted by Gasteiger charge is 2.17. The maximum absolute atomic E-state index is 11.5. The van der Waals surface area contributed by atoms with Crippen LogP contribution in [0.3, 0.4) is 0 Å². The third-order valence-electron chi connectivity index (χ3n) is 2.23. The lowest BCUT2D eigenvalue weighted by Crippen LogP contribution is -2.42. The number of amides is 1. The van der Waals surface area contributed by atoms with Gasteiger partial charge in [-0.05, 0) is 39.8 Å². The lowest BCUT2D eigenvalue weighted by atomic mass is 10.2. The van der Waals surface area contributed by atoms with Gasteiger partial charge in [0.25, 0.3) is 0 Å². The zero-order chi connectivity index (χ0) is 15.3. The summed E-state index contributed by atoms with van der Waals surface area (Å²) >= 11 is 1.31. The van der Waals surface area contributed by atoms with E-state index in [1.165, 1.54) is 18.4 Å². The third kappa shape index (κ3) is 5.18. The normalized spacial score (nSPS) is 12.7. The van der Waals surface area contributed by atoms with Crippen LogP contribution in [-0.4, -0.2) is 24.8 Å². The van der Waals surface area contributed by atoms with Gasteiger partial charge in [0.1, 0.15) is 10.5 Å². The summed E-state index contributed by atoms with van der Waals surface area (Å²) in [5.74, 6) is -0.367. The van der Waals surface area contributed by atoms with Gasteiger partial charge in [-0.3, -0.25) is 5.43 Å². The predicted octanol–water partition coefficient (Wildman–Crippen LogP) is 2.63. The lowest BCUT2D eigenvalue weighted by molar-refractivity contribution is 0.0489. The van der Waals surface area contributed by atoms with Gasteiger partial charge in [-0.25, -0.2) is 15.0 Å². The molecule has 1 amide bonds. The maximum Gasteiger partial charge on any atom is 0.422 e. The summed E-state index contributed by atoms with van der Waals surface area (Å²) in [6.45, 7) is 7.23. The minimum absolute atomic E-state index is 0.147. The third-order valence-corrected chi connectivity index (χ3v) is 3.48. The Labute approximate surface area is 122 Å². The largest absolute Gasteiger partial charge is 0.465 e. The Morgan fingerprint density at radius 1 is 1.30 bits per heavy atom. The number of carbonyl (C=O) groups excluding carboxylic acids is 2. The average molecular weight is 300 g/mol. The van der Waals surface area contributed by atoms with Crippen molar-refractivity contribution in [1.82, 2.24) is 10.9 Å². The van der Waals surface area contributed by atoms with Crippen molar-refractivity contribution < 1.29 is 19.1 Å². The number of esters is 1. The van der Waals surface area contributed by atoms with E-state index in [0.29, 0.717) is 4.88 Å². The van der Waals surface area contributed by atoms with Gasteiger partial charge in [-0.2, -0.15) is 0 Å². The summed E-state index contributed by atoms with van der Waals surface area (Å²) in [4.78, 5) is 24.3. The number of ether oxygens (including phenoxy) is 2. The van der Waals surface area contributed by atoms with Gasteiger partial charge in [-0.15, -0.1) is 11.3 Å². The summed E-state index contributed by atoms with van der Waals surface area (Å²) in [7, 11) is 1.34. The first kappa shape index (κ1) is 16.5. The quantitative estimate of drug-likeness (QED) is 0.660. The smallest absolute Gasteiger partial charge is 0.422 e. The molecule has 1 rings (SSSR count). The van der Waals surface area contributed by atoms with E-state index in [-0.39, 0.29) is 12.0 Å². The van der Waals surface area contributed by atoms with Crippen molar-refractivity contribution >= 4 is 23.4 Å². The monoisotopic (exact) mass is 300 g/mol. The highest BCUT2D eigenvalue weighted by molar-refractivity contribution is 7.14. The van der Waals surface area contributed by atoms with Crippen LogP contribution in [0.2, 0.25) is 0 Å². The molecule has 20 heavy (non-hydrogen) atoms. The molecule has 0 aliphatic heterocycles. The summed E-state index contributed by atoms with van der Waals surface area (Å²) in [6, 6.07) is 3.36. The van der Waals surface area contributed by atoms with E-state index in [9.17, 15) is 9.59 Å². The molecule has 0 aromatic carbocycles. The van der Waals surface area contributed by atoms with E-state index in [4.69, 9.17) is 4.74 Å². The molecule has 0 aliphatic carbocycles. The second-order valence-electron chi connectivity index (χ2n) is 5.19. The first-order chi connectivity index (χ1) is 9.23. The van der Waals surface area contributed by atoms with Crippen LogP contribution in [0, 0.1) is 0 Å². The average Bonchev–Trinajstić information content (AvgIpc) is 2.82.